The molecule has 0 aromatic heterocycles. The first-order valence-corrected chi connectivity index (χ1v) is 10.3. The van der Waals surface area contributed by atoms with Crippen LogP contribution in [0.2, 0.25) is 0 Å². The van der Waals surface area contributed by atoms with Gasteiger partial charge in [0.05, 0.1) is 16.1 Å². The topological polar surface area (TPSA) is 75.7 Å². The van der Waals surface area contributed by atoms with Crippen molar-refractivity contribution in [2.24, 2.45) is 0 Å². The van der Waals surface area contributed by atoms with Gasteiger partial charge in [-0.3, -0.25) is 9.52 Å². The lowest BCUT2D eigenvalue weighted by molar-refractivity contribution is -0.274. The maximum Gasteiger partial charge on any atom is 0.573 e. The lowest BCUT2D eigenvalue weighted by Gasteiger charge is -2.20. The third kappa shape index (κ3) is 5.00. The SMILES string of the molecule is Cc1cccc(NS(=O)(=O)c2cccc(OC(F)(F)F)c2)c1C(=O)N1CCCC1. The van der Waals surface area contributed by atoms with Crippen LogP contribution in [0.4, 0.5) is 18.9 Å². The van der Waals surface area contributed by atoms with Crippen molar-refractivity contribution in [2.75, 3.05) is 17.8 Å². The molecule has 0 saturated carbocycles. The highest BCUT2D eigenvalue weighted by Gasteiger charge is 2.32. The molecule has 1 N–H and O–H groups in total. The quantitative estimate of drug-likeness (QED) is 0.783. The third-order valence-electron chi connectivity index (χ3n) is 4.47. The lowest BCUT2D eigenvalue weighted by Crippen LogP contribution is -2.29. The van der Waals surface area contributed by atoms with Crippen LogP contribution in [-0.2, 0) is 10.0 Å². The van der Waals surface area contributed by atoms with E-state index >= 15 is 0 Å². The smallest absolute Gasteiger partial charge is 0.406 e. The molecule has 1 aliphatic heterocycles. The van der Waals surface area contributed by atoms with Crippen molar-refractivity contribution in [3.05, 3.63) is 53.6 Å². The van der Waals surface area contributed by atoms with Gasteiger partial charge in [-0.05, 0) is 43.5 Å². The minimum absolute atomic E-state index is 0.0732. The number of carbonyl (C=O) groups excluding carboxylic acids is 1. The molecule has 0 spiro atoms. The van der Waals surface area contributed by atoms with Gasteiger partial charge in [0.25, 0.3) is 15.9 Å². The molecule has 29 heavy (non-hydrogen) atoms. The average molecular weight is 428 g/mol. The number of alkyl halides is 3. The number of benzene rings is 2. The van der Waals surface area contributed by atoms with Crippen LogP contribution in [0.1, 0.15) is 28.8 Å². The van der Waals surface area contributed by atoms with Crippen LogP contribution in [0.5, 0.6) is 5.75 Å². The Morgan fingerprint density at radius 1 is 1.10 bits per heavy atom. The van der Waals surface area contributed by atoms with E-state index in [4.69, 9.17) is 0 Å². The normalized spacial score (nSPS) is 14.7. The zero-order valence-corrected chi connectivity index (χ0v) is 16.3. The minimum Gasteiger partial charge on any atom is -0.406 e. The zero-order valence-electron chi connectivity index (χ0n) is 15.5. The fourth-order valence-electron chi connectivity index (χ4n) is 3.16. The largest absolute Gasteiger partial charge is 0.573 e. The van der Waals surface area contributed by atoms with Gasteiger partial charge in [0.1, 0.15) is 5.75 Å². The Labute approximate surface area is 166 Å². The number of likely N-dealkylation sites (tertiary alicyclic amines) is 1. The second-order valence-corrected chi connectivity index (χ2v) is 8.31. The number of ether oxygens (including phenoxy) is 1. The van der Waals surface area contributed by atoms with Gasteiger partial charge in [-0.15, -0.1) is 13.2 Å². The summed E-state index contributed by atoms with van der Waals surface area (Å²) in [6, 6.07) is 8.79. The van der Waals surface area contributed by atoms with Gasteiger partial charge in [0.15, 0.2) is 0 Å². The maximum absolute atomic E-state index is 12.9. The summed E-state index contributed by atoms with van der Waals surface area (Å²) in [6.07, 6.45) is -3.18. The summed E-state index contributed by atoms with van der Waals surface area (Å²) in [5.74, 6) is -0.939. The molecule has 1 fully saturated rings. The van der Waals surface area contributed by atoms with Gasteiger partial charge in [-0.2, -0.15) is 0 Å². The number of anilines is 1. The van der Waals surface area contributed by atoms with Crippen LogP contribution in [0, 0.1) is 6.92 Å². The van der Waals surface area contributed by atoms with Gasteiger partial charge in [-0.25, -0.2) is 8.42 Å². The van der Waals surface area contributed by atoms with Crippen LogP contribution in [0.15, 0.2) is 47.4 Å². The molecular formula is C19H19F3N2O4S. The van der Waals surface area contributed by atoms with Crippen molar-refractivity contribution in [1.82, 2.24) is 4.90 Å². The Kier molecular flexibility index (Phi) is 5.74. The molecule has 3 rings (SSSR count). The van der Waals surface area contributed by atoms with E-state index < -0.39 is 27.0 Å². The number of nitrogens with one attached hydrogen (secondary N) is 1. The number of hydrogen-bond acceptors (Lipinski definition) is 4. The van der Waals surface area contributed by atoms with Crippen molar-refractivity contribution in [3.8, 4) is 5.75 Å². The Hall–Kier alpha value is -2.75. The zero-order chi connectivity index (χ0) is 21.2. The van der Waals surface area contributed by atoms with E-state index in [9.17, 15) is 26.4 Å². The van der Waals surface area contributed by atoms with Crippen LogP contribution < -0.4 is 9.46 Å². The first-order valence-electron chi connectivity index (χ1n) is 8.84. The molecule has 2 aromatic carbocycles. The Bertz CT molecular complexity index is 1020. The fourth-order valence-corrected chi connectivity index (χ4v) is 4.26. The van der Waals surface area contributed by atoms with Gasteiger partial charge in [0, 0.05) is 19.2 Å². The maximum atomic E-state index is 12.9. The highest BCUT2D eigenvalue weighted by molar-refractivity contribution is 7.92. The first kappa shape index (κ1) is 21.0. The number of nitrogens with zero attached hydrogens (tertiary/aromatic N) is 1. The van der Waals surface area contributed by atoms with E-state index in [1.165, 1.54) is 6.07 Å². The summed E-state index contributed by atoms with van der Waals surface area (Å²) in [7, 11) is -4.26. The molecule has 0 bridgehead atoms. The number of halogens is 3. The molecule has 1 amide bonds. The first-order chi connectivity index (χ1) is 13.6. The standard InChI is InChI=1S/C19H19F3N2O4S/c1-13-6-4-9-16(17(13)18(25)24-10-2-3-11-24)23-29(26,27)15-8-5-7-14(12-15)28-19(20,21)22/h4-9,12,23H,2-3,10-11H2,1H3. The molecule has 0 aliphatic carbocycles. The van der Waals surface area contributed by atoms with Crippen molar-refractivity contribution >= 4 is 21.6 Å². The number of aryl methyl sites for hydroxylation is 1. The third-order valence-corrected chi connectivity index (χ3v) is 5.84. The van der Waals surface area contributed by atoms with Crippen LogP contribution >= 0.6 is 0 Å². The van der Waals surface area contributed by atoms with E-state index in [2.05, 4.69) is 9.46 Å². The predicted octanol–water partition coefficient (Wildman–Crippen LogP) is 3.93. The molecule has 0 atom stereocenters. The number of rotatable bonds is 5. The van der Waals surface area contributed by atoms with E-state index in [0.29, 0.717) is 18.7 Å². The number of sulfonamides is 1. The second-order valence-electron chi connectivity index (χ2n) is 6.62. The molecule has 2 aromatic rings. The van der Waals surface area contributed by atoms with Crippen molar-refractivity contribution in [2.45, 2.75) is 31.0 Å². The van der Waals surface area contributed by atoms with Crippen LogP contribution in [0.3, 0.4) is 0 Å². The number of hydrogen-bond donors (Lipinski definition) is 1. The van der Waals surface area contributed by atoms with Gasteiger partial charge >= 0.3 is 6.36 Å². The molecule has 1 heterocycles. The molecule has 0 radical (unpaired) electrons. The molecular weight excluding hydrogens is 409 g/mol. The molecule has 1 saturated heterocycles. The summed E-state index contributed by atoms with van der Waals surface area (Å²) in [5, 5.41) is 0. The molecule has 0 unspecified atom stereocenters. The Morgan fingerprint density at radius 2 is 1.76 bits per heavy atom. The molecule has 6 nitrogen and oxygen atoms in total. The van der Waals surface area contributed by atoms with Crippen LogP contribution in [-0.4, -0.2) is 38.7 Å². The summed E-state index contributed by atoms with van der Waals surface area (Å²) < 4.78 is 68.9. The van der Waals surface area contributed by atoms with E-state index in [1.807, 2.05) is 0 Å². The minimum atomic E-state index is -4.94. The molecule has 10 heteroatoms. The average Bonchev–Trinajstić information content (AvgIpc) is 3.14. The highest BCUT2D eigenvalue weighted by Crippen LogP contribution is 2.28. The molecule has 1 aliphatic rings. The number of carbonyl (C=O) groups is 1. The van der Waals surface area contributed by atoms with Gasteiger partial charge in [0.2, 0.25) is 0 Å². The fraction of sp³-hybridized carbons (Fsp3) is 0.316. The van der Waals surface area contributed by atoms with Crippen LogP contribution in [0.25, 0.3) is 0 Å². The lowest BCUT2D eigenvalue weighted by atomic mass is 10.1. The monoisotopic (exact) mass is 428 g/mol. The van der Waals surface area contributed by atoms with E-state index in [1.54, 1.807) is 24.0 Å². The Morgan fingerprint density at radius 3 is 2.41 bits per heavy atom. The predicted molar refractivity (Wildman–Crippen MR) is 100 cm³/mol. The van der Waals surface area contributed by atoms with E-state index in [-0.39, 0.29) is 17.2 Å². The van der Waals surface area contributed by atoms with Crippen molar-refractivity contribution in [1.29, 1.82) is 0 Å². The highest BCUT2D eigenvalue weighted by atomic mass is 32.2. The second kappa shape index (κ2) is 7.94. The van der Waals surface area contributed by atoms with Crippen molar-refractivity contribution in [3.63, 3.8) is 0 Å². The summed E-state index contributed by atoms with van der Waals surface area (Å²) >= 11 is 0. The summed E-state index contributed by atoms with van der Waals surface area (Å²) in [6.45, 7) is 2.88. The van der Waals surface area contributed by atoms with Gasteiger partial charge < -0.3 is 9.64 Å². The Balaban J connectivity index is 1.92. The molecule has 156 valence electrons. The number of amides is 1. The van der Waals surface area contributed by atoms with Gasteiger partial charge in [-0.1, -0.05) is 18.2 Å². The summed E-state index contributed by atoms with van der Waals surface area (Å²) in [5.41, 5.74) is 0.890. The van der Waals surface area contributed by atoms with Crippen molar-refractivity contribution < 1.29 is 31.1 Å². The summed E-state index contributed by atoms with van der Waals surface area (Å²) in [4.78, 5) is 14.1. The van der Waals surface area contributed by atoms with E-state index in [0.717, 1.165) is 37.1 Å².